The molecule has 14 heavy (non-hydrogen) atoms. The molecule has 0 bridgehead atoms. The molecule has 1 heterocycles. The van der Waals surface area contributed by atoms with E-state index in [0.717, 1.165) is 12.4 Å². The molecule has 0 aliphatic carbocycles. The number of nitrogens with zero attached hydrogens (tertiary/aromatic N) is 1. The lowest BCUT2D eigenvalue weighted by molar-refractivity contribution is 0.115. The van der Waals surface area contributed by atoms with E-state index in [4.69, 9.17) is 5.73 Å². The van der Waals surface area contributed by atoms with Crippen LogP contribution in [-0.2, 0) is 6.42 Å². The molecule has 0 fully saturated rings. The minimum atomic E-state index is -2.80. The molecule has 6 heteroatoms. The van der Waals surface area contributed by atoms with Crippen LogP contribution in [0, 0.1) is 11.6 Å². The van der Waals surface area contributed by atoms with Crippen LogP contribution in [0.5, 0.6) is 0 Å². The first-order chi connectivity index (χ1) is 6.52. The van der Waals surface area contributed by atoms with Gasteiger partial charge >= 0.3 is 0 Å². The summed E-state index contributed by atoms with van der Waals surface area (Å²) in [6.07, 6.45) is -1.83. The highest BCUT2D eigenvalue weighted by Crippen LogP contribution is 2.14. The average molecular weight is 208 g/mol. The van der Waals surface area contributed by atoms with Crippen molar-refractivity contribution in [3.8, 4) is 0 Å². The van der Waals surface area contributed by atoms with Gasteiger partial charge in [0.15, 0.2) is 0 Å². The SMILES string of the molecule is NC(Cc1c(F)cncc1F)C(F)F. The van der Waals surface area contributed by atoms with Gasteiger partial charge in [-0.15, -0.1) is 0 Å². The van der Waals surface area contributed by atoms with Crippen LogP contribution in [0.1, 0.15) is 5.56 Å². The number of hydrogen-bond acceptors (Lipinski definition) is 2. The van der Waals surface area contributed by atoms with Crippen LogP contribution < -0.4 is 5.73 Å². The Balaban J connectivity index is 2.85. The topological polar surface area (TPSA) is 38.9 Å². The van der Waals surface area contributed by atoms with E-state index in [0.29, 0.717) is 0 Å². The first-order valence-corrected chi connectivity index (χ1v) is 3.84. The molecule has 0 aromatic carbocycles. The summed E-state index contributed by atoms with van der Waals surface area (Å²) in [7, 11) is 0. The monoisotopic (exact) mass is 208 g/mol. The number of pyridine rings is 1. The number of rotatable bonds is 3. The highest BCUT2D eigenvalue weighted by Gasteiger charge is 2.20. The van der Waals surface area contributed by atoms with Gasteiger partial charge in [0.1, 0.15) is 11.6 Å². The number of hydrogen-bond donors (Lipinski definition) is 1. The van der Waals surface area contributed by atoms with Crippen molar-refractivity contribution in [1.82, 2.24) is 4.98 Å². The third-order valence-corrected chi connectivity index (χ3v) is 1.72. The zero-order valence-corrected chi connectivity index (χ0v) is 7.05. The number of halogens is 4. The summed E-state index contributed by atoms with van der Waals surface area (Å²) in [6, 6.07) is -1.57. The third kappa shape index (κ3) is 2.41. The van der Waals surface area contributed by atoms with Crippen LogP contribution in [0.4, 0.5) is 17.6 Å². The average Bonchev–Trinajstić information content (AvgIpc) is 2.11. The summed E-state index contributed by atoms with van der Waals surface area (Å²) in [6.45, 7) is 0. The van der Waals surface area contributed by atoms with Crippen molar-refractivity contribution in [1.29, 1.82) is 0 Å². The van der Waals surface area contributed by atoms with Crippen molar-refractivity contribution < 1.29 is 17.6 Å². The summed E-state index contributed by atoms with van der Waals surface area (Å²) in [5, 5.41) is 0. The molecule has 0 radical (unpaired) electrons. The van der Waals surface area contributed by atoms with Gasteiger partial charge in [0.05, 0.1) is 18.4 Å². The van der Waals surface area contributed by atoms with Gasteiger partial charge in [0, 0.05) is 5.56 Å². The molecule has 0 spiro atoms. The number of alkyl halides is 2. The third-order valence-electron chi connectivity index (χ3n) is 1.72. The molecule has 0 amide bonds. The van der Waals surface area contributed by atoms with Crippen LogP contribution in [0.15, 0.2) is 12.4 Å². The van der Waals surface area contributed by atoms with Crippen LogP contribution in [0.3, 0.4) is 0 Å². The predicted molar refractivity (Wildman–Crippen MR) is 41.8 cm³/mol. The van der Waals surface area contributed by atoms with Crippen LogP contribution in [0.25, 0.3) is 0 Å². The van der Waals surface area contributed by atoms with Crippen molar-refractivity contribution in [3.63, 3.8) is 0 Å². The molecule has 0 saturated carbocycles. The van der Waals surface area contributed by atoms with E-state index >= 15 is 0 Å². The summed E-state index contributed by atoms with van der Waals surface area (Å²) >= 11 is 0. The summed E-state index contributed by atoms with van der Waals surface area (Å²) < 4.78 is 49.7. The zero-order chi connectivity index (χ0) is 10.7. The minimum Gasteiger partial charge on any atom is -0.323 e. The Labute approximate surface area is 77.7 Å². The fourth-order valence-electron chi connectivity index (χ4n) is 0.958. The molecule has 1 unspecified atom stereocenters. The van der Waals surface area contributed by atoms with Gasteiger partial charge in [0.25, 0.3) is 6.43 Å². The molecule has 0 saturated heterocycles. The standard InChI is InChI=1S/C8H8F4N2/c9-5-2-14-3-6(10)4(5)1-7(13)8(11)12/h2-3,7-8H,1,13H2. The first-order valence-electron chi connectivity index (χ1n) is 3.84. The lowest BCUT2D eigenvalue weighted by Gasteiger charge is -2.10. The maximum atomic E-state index is 12.9. The summed E-state index contributed by atoms with van der Waals surface area (Å²) in [5.41, 5.74) is 4.53. The molecule has 1 aromatic rings. The van der Waals surface area contributed by atoms with E-state index in [9.17, 15) is 17.6 Å². The van der Waals surface area contributed by atoms with E-state index < -0.39 is 36.1 Å². The Morgan fingerprint density at radius 2 is 1.71 bits per heavy atom. The van der Waals surface area contributed by atoms with Crippen molar-refractivity contribution >= 4 is 0 Å². The second-order valence-corrected chi connectivity index (χ2v) is 2.78. The van der Waals surface area contributed by atoms with E-state index in [2.05, 4.69) is 4.98 Å². The van der Waals surface area contributed by atoms with E-state index in [-0.39, 0.29) is 0 Å². The van der Waals surface area contributed by atoms with Gasteiger partial charge in [-0.1, -0.05) is 0 Å². The lowest BCUT2D eigenvalue weighted by atomic mass is 10.1. The fourth-order valence-corrected chi connectivity index (χ4v) is 0.958. The molecular weight excluding hydrogens is 200 g/mol. The molecule has 0 aliphatic rings. The maximum absolute atomic E-state index is 12.9. The smallest absolute Gasteiger partial charge is 0.253 e. The fraction of sp³-hybridized carbons (Fsp3) is 0.375. The van der Waals surface area contributed by atoms with Gasteiger partial charge in [-0.2, -0.15) is 0 Å². The first kappa shape index (κ1) is 10.9. The van der Waals surface area contributed by atoms with Gasteiger partial charge in [0.2, 0.25) is 0 Å². The van der Waals surface area contributed by atoms with Crippen molar-refractivity contribution in [2.45, 2.75) is 18.9 Å². The Hall–Kier alpha value is -1.17. The molecular formula is C8H8F4N2. The van der Waals surface area contributed by atoms with Gasteiger partial charge in [-0.05, 0) is 6.42 Å². The van der Waals surface area contributed by atoms with Crippen LogP contribution in [0.2, 0.25) is 0 Å². The zero-order valence-electron chi connectivity index (χ0n) is 7.05. The quantitative estimate of drug-likeness (QED) is 0.764. The van der Waals surface area contributed by atoms with E-state index in [1.165, 1.54) is 0 Å². The molecule has 2 nitrogen and oxygen atoms in total. The summed E-state index contributed by atoms with van der Waals surface area (Å²) in [4.78, 5) is 3.22. The van der Waals surface area contributed by atoms with Gasteiger partial charge in [-0.3, -0.25) is 4.98 Å². The molecule has 1 rings (SSSR count). The van der Waals surface area contributed by atoms with Gasteiger partial charge < -0.3 is 5.73 Å². The van der Waals surface area contributed by atoms with Crippen LogP contribution in [-0.4, -0.2) is 17.5 Å². The van der Waals surface area contributed by atoms with Crippen molar-refractivity contribution in [2.75, 3.05) is 0 Å². The van der Waals surface area contributed by atoms with E-state index in [1.807, 2.05) is 0 Å². The second-order valence-electron chi connectivity index (χ2n) is 2.78. The summed E-state index contributed by atoms with van der Waals surface area (Å²) in [5.74, 6) is -1.91. The van der Waals surface area contributed by atoms with E-state index in [1.54, 1.807) is 0 Å². The Bertz CT molecular complexity index is 296. The normalized spacial score (nSPS) is 13.3. The minimum absolute atomic E-state index is 0.451. The molecule has 78 valence electrons. The highest BCUT2D eigenvalue weighted by atomic mass is 19.3. The largest absolute Gasteiger partial charge is 0.323 e. The number of aromatic nitrogens is 1. The molecule has 0 aliphatic heterocycles. The Morgan fingerprint density at radius 1 is 1.21 bits per heavy atom. The maximum Gasteiger partial charge on any atom is 0.253 e. The highest BCUT2D eigenvalue weighted by molar-refractivity contribution is 5.16. The van der Waals surface area contributed by atoms with Crippen molar-refractivity contribution in [2.24, 2.45) is 5.73 Å². The number of nitrogens with two attached hydrogens (primary N) is 1. The molecule has 1 aromatic heterocycles. The Morgan fingerprint density at radius 3 is 2.14 bits per heavy atom. The van der Waals surface area contributed by atoms with Gasteiger partial charge in [-0.25, -0.2) is 17.6 Å². The molecule has 2 N–H and O–H groups in total. The Kier molecular flexibility index (Phi) is 3.40. The van der Waals surface area contributed by atoms with Crippen molar-refractivity contribution in [3.05, 3.63) is 29.6 Å². The van der Waals surface area contributed by atoms with Crippen LogP contribution >= 0.6 is 0 Å². The second kappa shape index (κ2) is 4.36. The lowest BCUT2D eigenvalue weighted by Crippen LogP contribution is -2.31. The predicted octanol–water partition coefficient (Wildman–Crippen LogP) is 1.49. The molecule has 1 atom stereocenters.